The molecular formula is C17H20Cl2O4. The van der Waals surface area contributed by atoms with Gasteiger partial charge in [-0.2, -0.15) is 0 Å². The van der Waals surface area contributed by atoms with Crippen LogP contribution < -0.4 is 9.47 Å². The molecule has 1 fully saturated rings. The number of halogens is 2. The van der Waals surface area contributed by atoms with E-state index in [1.807, 2.05) is 13.8 Å². The fourth-order valence-corrected chi connectivity index (χ4v) is 4.82. The Kier molecular flexibility index (Phi) is 4.97. The first-order valence-corrected chi connectivity index (χ1v) is 8.35. The summed E-state index contributed by atoms with van der Waals surface area (Å²) >= 11 is 13.1. The van der Waals surface area contributed by atoms with Gasteiger partial charge in [-0.25, -0.2) is 0 Å². The van der Waals surface area contributed by atoms with Gasteiger partial charge in [-0.15, -0.1) is 23.2 Å². The molecule has 2 rings (SSSR count). The van der Waals surface area contributed by atoms with Crippen LogP contribution in [0, 0.1) is 5.92 Å². The third-order valence-electron chi connectivity index (χ3n) is 4.46. The molecule has 126 valence electrons. The number of esters is 2. The van der Waals surface area contributed by atoms with Gasteiger partial charge >= 0.3 is 11.9 Å². The van der Waals surface area contributed by atoms with Crippen molar-refractivity contribution in [3.05, 3.63) is 23.8 Å². The van der Waals surface area contributed by atoms with Crippen molar-refractivity contribution in [2.75, 3.05) is 0 Å². The van der Waals surface area contributed by atoms with E-state index >= 15 is 0 Å². The van der Waals surface area contributed by atoms with E-state index in [-0.39, 0.29) is 5.92 Å². The number of ether oxygens (including phenoxy) is 2. The zero-order valence-electron chi connectivity index (χ0n) is 13.6. The van der Waals surface area contributed by atoms with E-state index in [4.69, 9.17) is 32.7 Å². The molecule has 0 bridgehead atoms. The molecule has 1 aromatic carbocycles. The number of carbonyl (C=O) groups is 2. The second-order valence-electron chi connectivity index (χ2n) is 5.75. The highest BCUT2D eigenvalue weighted by Crippen LogP contribution is 2.73. The first-order valence-electron chi connectivity index (χ1n) is 7.59. The lowest BCUT2D eigenvalue weighted by atomic mass is 9.88. The highest BCUT2D eigenvalue weighted by atomic mass is 35.5. The highest BCUT2D eigenvalue weighted by molar-refractivity contribution is 6.52. The maximum Gasteiger partial charge on any atom is 0.308 e. The summed E-state index contributed by atoms with van der Waals surface area (Å²) in [6.45, 7) is 6.66. The van der Waals surface area contributed by atoms with E-state index in [1.165, 1.54) is 19.9 Å². The molecule has 4 nitrogen and oxygen atoms in total. The summed E-state index contributed by atoms with van der Waals surface area (Å²) in [6.07, 6.45) is 1.52. The minimum absolute atomic E-state index is 0.0669. The second-order valence-corrected chi connectivity index (χ2v) is 7.14. The number of alkyl halides is 2. The Morgan fingerprint density at radius 2 is 1.74 bits per heavy atom. The number of carbonyl (C=O) groups excluding carboxylic acids is 2. The largest absolute Gasteiger partial charge is 0.427 e. The summed E-state index contributed by atoms with van der Waals surface area (Å²) in [5.41, 5.74) is 0.285. The molecule has 0 heterocycles. The Morgan fingerprint density at radius 3 is 2.17 bits per heavy atom. The van der Waals surface area contributed by atoms with Crippen molar-refractivity contribution >= 4 is 35.1 Å². The average molecular weight is 359 g/mol. The predicted octanol–water partition coefficient (Wildman–Crippen LogP) is 4.40. The van der Waals surface area contributed by atoms with Crippen molar-refractivity contribution in [3.8, 4) is 11.5 Å². The Labute approximate surface area is 146 Å². The molecule has 0 amide bonds. The van der Waals surface area contributed by atoms with Gasteiger partial charge in [0.25, 0.3) is 0 Å². The van der Waals surface area contributed by atoms with Crippen LogP contribution in [-0.2, 0) is 15.0 Å². The Hall–Kier alpha value is -1.26. The molecule has 23 heavy (non-hydrogen) atoms. The van der Waals surface area contributed by atoms with Crippen LogP contribution in [0.4, 0.5) is 0 Å². The Bertz CT molecular complexity index is 641. The lowest BCUT2D eigenvalue weighted by molar-refractivity contribution is -0.132. The lowest BCUT2D eigenvalue weighted by Crippen LogP contribution is -2.17. The summed E-state index contributed by atoms with van der Waals surface area (Å²) in [5.74, 6) is -0.191. The predicted molar refractivity (Wildman–Crippen MR) is 89.2 cm³/mol. The molecule has 0 aliphatic heterocycles. The molecule has 0 saturated heterocycles. The van der Waals surface area contributed by atoms with Crippen molar-refractivity contribution in [1.82, 2.24) is 0 Å². The van der Waals surface area contributed by atoms with Gasteiger partial charge < -0.3 is 9.47 Å². The van der Waals surface area contributed by atoms with Gasteiger partial charge in [0.05, 0.1) is 0 Å². The molecule has 6 heteroatoms. The number of benzene rings is 1. The second kappa shape index (κ2) is 6.33. The fraction of sp³-hybridized carbons (Fsp3) is 0.529. The average Bonchev–Trinajstić information content (AvgIpc) is 2.93. The topological polar surface area (TPSA) is 52.6 Å². The number of hydrogen-bond acceptors (Lipinski definition) is 4. The van der Waals surface area contributed by atoms with Crippen LogP contribution >= 0.6 is 23.2 Å². The Balaban J connectivity index is 2.53. The Morgan fingerprint density at radius 1 is 1.13 bits per heavy atom. The first-order chi connectivity index (χ1) is 10.7. The fourth-order valence-electron chi connectivity index (χ4n) is 3.52. The van der Waals surface area contributed by atoms with Gasteiger partial charge in [-0.1, -0.05) is 19.9 Å². The monoisotopic (exact) mass is 358 g/mol. The maximum absolute atomic E-state index is 11.5. The van der Waals surface area contributed by atoms with E-state index in [9.17, 15) is 9.59 Å². The molecule has 2 atom stereocenters. The van der Waals surface area contributed by atoms with Crippen LogP contribution in [-0.4, -0.2) is 16.3 Å². The van der Waals surface area contributed by atoms with Gasteiger partial charge in [0.1, 0.15) is 15.8 Å². The van der Waals surface area contributed by atoms with Crippen molar-refractivity contribution in [3.63, 3.8) is 0 Å². The van der Waals surface area contributed by atoms with Crippen molar-refractivity contribution < 1.29 is 19.1 Å². The first kappa shape index (κ1) is 18.1. The zero-order valence-corrected chi connectivity index (χ0v) is 15.1. The summed E-state index contributed by atoms with van der Waals surface area (Å²) in [5, 5.41) is 0. The van der Waals surface area contributed by atoms with E-state index in [0.29, 0.717) is 17.9 Å². The van der Waals surface area contributed by atoms with Gasteiger partial charge in [0.2, 0.25) is 0 Å². The molecule has 2 unspecified atom stereocenters. The van der Waals surface area contributed by atoms with Gasteiger partial charge in [-0.05, 0) is 18.9 Å². The third-order valence-corrected chi connectivity index (χ3v) is 5.66. The minimum Gasteiger partial charge on any atom is -0.427 e. The summed E-state index contributed by atoms with van der Waals surface area (Å²) in [4.78, 5) is 22.6. The van der Waals surface area contributed by atoms with E-state index in [0.717, 1.165) is 12.0 Å². The SMILES string of the molecule is CCC1C(Cl)(Cl)C1(CC)c1ccc(OC(C)=O)cc1OC(C)=O. The molecular weight excluding hydrogens is 339 g/mol. The van der Waals surface area contributed by atoms with Gasteiger partial charge in [-0.3, -0.25) is 9.59 Å². The number of rotatable bonds is 5. The molecule has 1 aromatic rings. The maximum atomic E-state index is 11.5. The van der Waals surface area contributed by atoms with Crippen molar-refractivity contribution in [2.45, 2.75) is 50.3 Å². The molecule has 1 aliphatic carbocycles. The minimum atomic E-state index is -0.908. The molecule has 0 N–H and O–H groups in total. The summed E-state index contributed by atoms with van der Waals surface area (Å²) in [7, 11) is 0. The molecule has 1 saturated carbocycles. The number of hydrogen-bond donors (Lipinski definition) is 0. The summed E-state index contributed by atoms with van der Waals surface area (Å²) < 4.78 is 9.49. The quantitative estimate of drug-likeness (QED) is 0.444. The van der Waals surface area contributed by atoms with Crippen LogP contribution in [0.1, 0.15) is 46.1 Å². The zero-order chi connectivity index (χ0) is 17.4. The standard InChI is InChI=1S/C17H20Cl2O4/c1-5-15-16(6-2,17(15,18)19)13-8-7-12(22-10(3)20)9-14(13)23-11(4)21/h7-9,15H,5-6H2,1-4H3. The molecule has 1 aliphatic rings. The highest BCUT2D eigenvalue weighted by Gasteiger charge is 2.75. The molecule has 0 spiro atoms. The molecule has 0 aromatic heterocycles. The van der Waals surface area contributed by atoms with Crippen LogP contribution in [0.3, 0.4) is 0 Å². The smallest absolute Gasteiger partial charge is 0.308 e. The van der Waals surface area contributed by atoms with Gasteiger partial charge in [0, 0.05) is 36.8 Å². The third kappa shape index (κ3) is 2.94. The van der Waals surface area contributed by atoms with Crippen LogP contribution in [0.2, 0.25) is 0 Å². The van der Waals surface area contributed by atoms with Crippen LogP contribution in [0.5, 0.6) is 11.5 Å². The van der Waals surface area contributed by atoms with Gasteiger partial charge in [0.15, 0.2) is 0 Å². The van der Waals surface area contributed by atoms with E-state index in [1.54, 1.807) is 12.1 Å². The van der Waals surface area contributed by atoms with Crippen LogP contribution in [0.25, 0.3) is 0 Å². The molecule has 0 radical (unpaired) electrons. The van der Waals surface area contributed by atoms with Crippen molar-refractivity contribution in [1.29, 1.82) is 0 Å². The normalized spacial score (nSPS) is 24.9. The summed E-state index contributed by atoms with van der Waals surface area (Å²) in [6, 6.07) is 4.97. The van der Waals surface area contributed by atoms with Crippen LogP contribution in [0.15, 0.2) is 18.2 Å². The van der Waals surface area contributed by atoms with E-state index < -0.39 is 21.7 Å². The van der Waals surface area contributed by atoms with E-state index in [2.05, 4.69) is 0 Å². The van der Waals surface area contributed by atoms with Crippen molar-refractivity contribution in [2.24, 2.45) is 5.92 Å². The lowest BCUT2D eigenvalue weighted by Gasteiger charge is -2.21.